The van der Waals surface area contributed by atoms with Crippen LogP contribution in [0, 0.1) is 6.92 Å². The number of carbonyl (C=O) groups is 2. The molecular formula is C30H37ClN6O3. The van der Waals surface area contributed by atoms with Gasteiger partial charge in [-0.25, -0.2) is 4.98 Å². The lowest BCUT2D eigenvalue weighted by Gasteiger charge is -2.15. The second-order valence-corrected chi connectivity index (χ2v) is 11.0. The standard InChI is InChI=1S/C30H37ClN6O3/c1-19-12-14-37(27(19)18-32-13-11-21-4-9-28(38)34-21)23-6-7-24(25(31)15-23)26-8-3-20(30(36-26)40-2)16-33-17-22-5-10-29(39)35-22/h3,6-8,12,14-15,21-22,32-33H,4-5,9-11,13,16-18H2,1-2H3,(H,34,38)(H,35,39)/t21?,22-/m0/s1. The van der Waals surface area contributed by atoms with E-state index in [0.29, 0.717) is 36.8 Å². The van der Waals surface area contributed by atoms with E-state index in [-0.39, 0.29) is 23.9 Å². The fraction of sp³-hybridized carbons (Fsp3) is 0.433. The van der Waals surface area contributed by atoms with Gasteiger partial charge < -0.3 is 30.6 Å². The summed E-state index contributed by atoms with van der Waals surface area (Å²) in [4.78, 5) is 27.6. The van der Waals surface area contributed by atoms with E-state index in [1.807, 2.05) is 24.3 Å². The summed E-state index contributed by atoms with van der Waals surface area (Å²) in [7, 11) is 1.62. The highest BCUT2D eigenvalue weighted by atomic mass is 35.5. The fourth-order valence-electron chi connectivity index (χ4n) is 5.41. The predicted octanol–water partition coefficient (Wildman–Crippen LogP) is 3.64. The van der Waals surface area contributed by atoms with Crippen molar-refractivity contribution in [2.75, 3.05) is 20.2 Å². The summed E-state index contributed by atoms with van der Waals surface area (Å²) >= 11 is 6.80. The number of methoxy groups -OCH3 is 1. The molecule has 2 aliphatic rings. The number of nitrogens with one attached hydrogen (secondary N) is 4. The van der Waals surface area contributed by atoms with E-state index < -0.39 is 0 Å². The van der Waals surface area contributed by atoms with E-state index in [1.54, 1.807) is 7.11 Å². The van der Waals surface area contributed by atoms with Crippen molar-refractivity contribution >= 4 is 23.4 Å². The minimum atomic E-state index is 0.116. The summed E-state index contributed by atoms with van der Waals surface area (Å²) in [5.74, 6) is 0.820. The van der Waals surface area contributed by atoms with Gasteiger partial charge in [-0.05, 0) is 68.6 Å². The number of hydrogen-bond donors (Lipinski definition) is 4. The summed E-state index contributed by atoms with van der Waals surface area (Å²) in [6.45, 7) is 4.97. The number of ether oxygens (including phenoxy) is 1. The van der Waals surface area contributed by atoms with Gasteiger partial charge >= 0.3 is 0 Å². The molecule has 10 heteroatoms. The molecule has 0 saturated carbocycles. The predicted molar refractivity (Wildman–Crippen MR) is 156 cm³/mol. The Morgan fingerprint density at radius 3 is 2.50 bits per heavy atom. The van der Waals surface area contributed by atoms with Crippen LogP contribution in [0.4, 0.5) is 0 Å². The second kappa shape index (κ2) is 12.8. The molecule has 2 aromatic heterocycles. The van der Waals surface area contributed by atoms with Crippen LogP contribution in [-0.4, -0.2) is 53.6 Å². The van der Waals surface area contributed by atoms with Crippen LogP contribution in [0.2, 0.25) is 5.02 Å². The molecule has 0 radical (unpaired) electrons. The Kier molecular flexibility index (Phi) is 9.04. The third-order valence-electron chi connectivity index (χ3n) is 7.70. The summed E-state index contributed by atoms with van der Waals surface area (Å²) in [5, 5.41) is 13.5. The molecule has 40 heavy (non-hydrogen) atoms. The van der Waals surface area contributed by atoms with Gasteiger partial charge in [0.2, 0.25) is 17.7 Å². The van der Waals surface area contributed by atoms with Crippen molar-refractivity contribution in [3.8, 4) is 22.8 Å². The number of amides is 2. The summed E-state index contributed by atoms with van der Waals surface area (Å²) in [6.07, 6.45) is 6.00. The third-order valence-corrected chi connectivity index (χ3v) is 8.01. The highest BCUT2D eigenvalue weighted by Crippen LogP contribution is 2.31. The average Bonchev–Trinajstić information content (AvgIpc) is 3.66. The maximum atomic E-state index is 11.4. The van der Waals surface area contributed by atoms with Crippen LogP contribution in [0.25, 0.3) is 16.9 Å². The van der Waals surface area contributed by atoms with E-state index in [2.05, 4.69) is 51.1 Å². The Labute approximate surface area is 240 Å². The molecule has 0 aliphatic carbocycles. The number of hydrogen-bond acceptors (Lipinski definition) is 6. The molecule has 2 amide bonds. The number of pyridine rings is 1. The Morgan fingerprint density at radius 2 is 1.80 bits per heavy atom. The van der Waals surface area contributed by atoms with Crippen molar-refractivity contribution in [3.05, 3.63) is 64.4 Å². The molecule has 2 fully saturated rings. The van der Waals surface area contributed by atoms with E-state index >= 15 is 0 Å². The first-order valence-corrected chi connectivity index (χ1v) is 14.3. The van der Waals surface area contributed by atoms with Crippen molar-refractivity contribution < 1.29 is 14.3 Å². The molecule has 9 nitrogen and oxygen atoms in total. The van der Waals surface area contributed by atoms with Crippen LogP contribution < -0.4 is 26.0 Å². The number of aromatic nitrogens is 2. The van der Waals surface area contributed by atoms with E-state index in [0.717, 1.165) is 54.9 Å². The topological polar surface area (TPSA) is 109 Å². The third kappa shape index (κ3) is 6.66. The van der Waals surface area contributed by atoms with E-state index in [9.17, 15) is 9.59 Å². The molecule has 4 N–H and O–H groups in total. The maximum absolute atomic E-state index is 11.4. The van der Waals surface area contributed by atoms with E-state index in [1.165, 1.54) is 11.3 Å². The number of benzene rings is 1. The SMILES string of the molecule is COc1nc(-c2ccc(-n3ccc(C)c3CNCCC3CCC(=O)N3)cc2Cl)ccc1CNC[C@@H]1CCC(=O)N1. The molecule has 2 atom stereocenters. The molecule has 0 spiro atoms. The molecule has 2 aliphatic heterocycles. The molecule has 1 unspecified atom stereocenters. The minimum absolute atomic E-state index is 0.116. The largest absolute Gasteiger partial charge is 0.481 e. The van der Waals surface area contributed by atoms with Crippen molar-refractivity contribution in [3.63, 3.8) is 0 Å². The molecule has 5 rings (SSSR count). The van der Waals surface area contributed by atoms with Crippen LogP contribution in [0.3, 0.4) is 0 Å². The number of nitrogens with zero attached hydrogens (tertiary/aromatic N) is 2. The van der Waals surface area contributed by atoms with Crippen LogP contribution in [-0.2, 0) is 22.7 Å². The first-order chi connectivity index (χ1) is 19.4. The van der Waals surface area contributed by atoms with Crippen LogP contribution in [0.1, 0.15) is 48.9 Å². The average molecular weight is 565 g/mol. The van der Waals surface area contributed by atoms with Gasteiger partial charge in [-0.3, -0.25) is 9.59 Å². The Bertz CT molecular complexity index is 1370. The Balaban J connectivity index is 1.23. The van der Waals surface area contributed by atoms with Gasteiger partial charge in [-0.1, -0.05) is 17.7 Å². The summed E-state index contributed by atoms with van der Waals surface area (Å²) in [5.41, 5.74) is 5.87. The number of halogens is 1. The highest BCUT2D eigenvalue weighted by Gasteiger charge is 2.21. The number of rotatable bonds is 12. The van der Waals surface area contributed by atoms with Gasteiger partial charge in [0.1, 0.15) is 0 Å². The molecule has 3 aromatic rings. The fourth-order valence-corrected chi connectivity index (χ4v) is 5.68. The lowest BCUT2D eigenvalue weighted by molar-refractivity contribution is -0.120. The summed E-state index contributed by atoms with van der Waals surface area (Å²) < 4.78 is 7.74. The van der Waals surface area contributed by atoms with E-state index in [4.69, 9.17) is 21.3 Å². The number of carbonyl (C=O) groups excluding carboxylic acids is 2. The van der Waals surface area contributed by atoms with Crippen molar-refractivity contribution in [1.82, 2.24) is 30.8 Å². The quantitative estimate of drug-likeness (QED) is 0.250. The first-order valence-electron chi connectivity index (χ1n) is 13.9. The molecule has 0 bridgehead atoms. The van der Waals surface area contributed by atoms with Crippen LogP contribution in [0.5, 0.6) is 5.88 Å². The molecule has 1 aromatic carbocycles. The zero-order valence-electron chi connectivity index (χ0n) is 23.1. The Morgan fingerprint density at radius 1 is 1.02 bits per heavy atom. The van der Waals surface area contributed by atoms with Crippen LogP contribution in [0.15, 0.2) is 42.6 Å². The lowest BCUT2D eigenvalue weighted by Crippen LogP contribution is -2.35. The van der Waals surface area contributed by atoms with Crippen molar-refractivity contribution in [1.29, 1.82) is 0 Å². The second-order valence-electron chi connectivity index (χ2n) is 10.5. The maximum Gasteiger partial charge on any atom is 0.220 e. The zero-order valence-corrected chi connectivity index (χ0v) is 23.8. The van der Waals surface area contributed by atoms with Gasteiger partial charge in [0, 0.05) is 73.3 Å². The normalized spacial score (nSPS) is 18.7. The van der Waals surface area contributed by atoms with Gasteiger partial charge in [0.05, 0.1) is 17.8 Å². The number of aryl methyl sites for hydroxylation is 1. The van der Waals surface area contributed by atoms with Gasteiger partial charge in [0.25, 0.3) is 0 Å². The molecule has 4 heterocycles. The molecular weight excluding hydrogens is 528 g/mol. The van der Waals surface area contributed by atoms with Crippen molar-refractivity contribution in [2.24, 2.45) is 0 Å². The lowest BCUT2D eigenvalue weighted by atomic mass is 10.1. The monoisotopic (exact) mass is 564 g/mol. The highest BCUT2D eigenvalue weighted by molar-refractivity contribution is 6.33. The summed E-state index contributed by atoms with van der Waals surface area (Å²) in [6, 6.07) is 12.5. The van der Waals surface area contributed by atoms with Crippen LogP contribution >= 0.6 is 11.6 Å². The molecule has 2 saturated heterocycles. The first kappa shape index (κ1) is 28.1. The minimum Gasteiger partial charge on any atom is -0.481 e. The zero-order chi connectivity index (χ0) is 28.1. The van der Waals surface area contributed by atoms with Gasteiger partial charge in [-0.15, -0.1) is 0 Å². The molecule has 212 valence electrons. The van der Waals surface area contributed by atoms with Gasteiger partial charge in [0.15, 0.2) is 0 Å². The van der Waals surface area contributed by atoms with Crippen molar-refractivity contribution in [2.45, 2.75) is 64.2 Å². The smallest absolute Gasteiger partial charge is 0.220 e. The Hall–Kier alpha value is -3.40. The van der Waals surface area contributed by atoms with Gasteiger partial charge in [-0.2, -0.15) is 0 Å².